The molecule has 0 saturated carbocycles. The summed E-state index contributed by atoms with van der Waals surface area (Å²) in [6.07, 6.45) is 1.36. The number of nitrogens with zero attached hydrogens (tertiary/aromatic N) is 4. The first-order valence-corrected chi connectivity index (χ1v) is 10.8. The maximum Gasteiger partial charge on any atom is 0.128 e. The van der Waals surface area contributed by atoms with Gasteiger partial charge in [-0.15, -0.1) is 0 Å². The highest BCUT2D eigenvalue weighted by Crippen LogP contribution is 2.18. The first-order chi connectivity index (χ1) is 14.8. The zero-order chi connectivity index (χ0) is 20.6. The van der Waals surface area contributed by atoms with Gasteiger partial charge in [0, 0.05) is 58.6 Å². The normalized spacial score (nSPS) is 19.6. The maximum absolute atomic E-state index is 10.3. The third-order valence-corrected chi connectivity index (χ3v) is 5.67. The largest absolute Gasteiger partial charge is 0.491 e. The molecule has 1 aromatic carbocycles. The van der Waals surface area contributed by atoms with Crippen molar-refractivity contribution < 1.29 is 14.6 Å². The lowest BCUT2D eigenvalue weighted by molar-refractivity contribution is 0.00464. The molecule has 2 aliphatic rings. The molecule has 1 aromatic heterocycles. The number of hydrogen-bond donors (Lipinski definition) is 1. The molecule has 1 unspecified atom stereocenters. The Morgan fingerprint density at radius 1 is 0.967 bits per heavy atom. The molecule has 0 aliphatic carbocycles. The van der Waals surface area contributed by atoms with Crippen molar-refractivity contribution in [3.8, 4) is 5.75 Å². The Kier molecular flexibility index (Phi) is 7.53. The van der Waals surface area contributed by atoms with Crippen LogP contribution in [-0.2, 0) is 11.3 Å². The topological polar surface area (TPSA) is 61.3 Å². The first-order valence-electron chi connectivity index (χ1n) is 10.8. The number of hydrogen-bond acceptors (Lipinski definition) is 7. The lowest BCUT2D eigenvalue weighted by Crippen LogP contribution is -2.46. The monoisotopic (exact) mass is 412 g/mol. The van der Waals surface area contributed by atoms with Gasteiger partial charge in [0.25, 0.3) is 0 Å². The predicted molar refractivity (Wildman–Crippen MR) is 117 cm³/mol. The van der Waals surface area contributed by atoms with Crippen LogP contribution in [-0.4, -0.2) is 91.6 Å². The number of ether oxygens (including phenoxy) is 2. The molecule has 3 heterocycles. The second-order valence-electron chi connectivity index (χ2n) is 7.98. The number of morpholine rings is 1. The minimum atomic E-state index is -0.494. The van der Waals surface area contributed by atoms with Crippen LogP contribution in [0.1, 0.15) is 5.56 Å². The van der Waals surface area contributed by atoms with E-state index >= 15 is 0 Å². The third-order valence-electron chi connectivity index (χ3n) is 5.67. The minimum absolute atomic E-state index is 0.309. The quantitative estimate of drug-likeness (QED) is 0.705. The smallest absolute Gasteiger partial charge is 0.128 e. The Balaban J connectivity index is 1.22. The van der Waals surface area contributed by atoms with Gasteiger partial charge in [0.2, 0.25) is 0 Å². The van der Waals surface area contributed by atoms with Crippen molar-refractivity contribution in [1.82, 2.24) is 14.8 Å². The van der Waals surface area contributed by atoms with E-state index in [4.69, 9.17) is 9.47 Å². The molecule has 0 amide bonds. The van der Waals surface area contributed by atoms with Crippen LogP contribution in [0.5, 0.6) is 5.75 Å². The van der Waals surface area contributed by atoms with Gasteiger partial charge < -0.3 is 19.5 Å². The Labute approximate surface area is 178 Å². The highest BCUT2D eigenvalue weighted by Gasteiger charge is 2.18. The number of β-amino-alcohol motifs (C(OH)–C–C–N with tert-alkyl or cyclic N) is 1. The molecular weight excluding hydrogens is 380 g/mol. The van der Waals surface area contributed by atoms with Crippen LogP contribution in [0.15, 0.2) is 48.7 Å². The average molecular weight is 413 g/mol. The summed E-state index contributed by atoms with van der Waals surface area (Å²) in [4.78, 5) is 11.5. The van der Waals surface area contributed by atoms with Gasteiger partial charge in [-0.25, -0.2) is 4.98 Å². The minimum Gasteiger partial charge on any atom is -0.491 e. The van der Waals surface area contributed by atoms with Gasteiger partial charge in [0.1, 0.15) is 24.3 Å². The van der Waals surface area contributed by atoms with Gasteiger partial charge in [0.15, 0.2) is 0 Å². The number of anilines is 1. The number of piperazine rings is 1. The summed E-state index contributed by atoms with van der Waals surface area (Å²) >= 11 is 0. The second-order valence-corrected chi connectivity index (χ2v) is 7.98. The van der Waals surface area contributed by atoms with E-state index in [9.17, 15) is 5.11 Å². The molecular formula is C23H32N4O3. The Hall–Kier alpha value is -2.19. The van der Waals surface area contributed by atoms with Crippen molar-refractivity contribution in [3.63, 3.8) is 0 Å². The molecule has 162 valence electrons. The van der Waals surface area contributed by atoms with Crippen molar-refractivity contribution in [2.24, 2.45) is 0 Å². The second kappa shape index (κ2) is 10.7. The Bertz CT molecular complexity index is 762. The summed E-state index contributed by atoms with van der Waals surface area (Å²) in [6.45, 7) is 9.08. The highest BCUT2D eigenvalue weighted by atomic mass is 16.5. The van der Waals surface area contributed by atoms with Crippen molar-refractivity contribution >= 4 is 5.82 Å². The molecule has 2 saturated heterocycles. The van der Waals surface area contributed by atoms with Crippen LogP contribution in [0, 0.1) is 0 Å². The van der Waals surface area contributed by atoms with E-state index in [1.54, 1.807) is 0 Å². The molecule has 0 radical (unpaired) electrons. The van der Waals surface area contributed by atoms with Crippen LogP contribution in [0.4, 0.5) is 5.82 Å². The number of aliphatic hydroxyl groups is 1. The average Bonchev–Trinajstić information content (AvgIpc) is 2.80. The van der Waals surface area contributed by atoms with E-state index in [1.165, 1.54) is 5.56 Å². The number of pyridine rings is 1. The summed E-state index contributed by atoms with van der Waals surface area (Å²) in [5.41, 5.74) is 1.24. The Morgan fingerprint density at radius 3 is 2.57 bits per heavy atom. The molecule has 1 N–H and O–H groups in total. The van der Waals surface area contributed by atoms with Crippen molar-refractivity contribution in [3.05, 3.63) is 54.2 Å². The van der Waals surface area contributed by atoms with Gasteiger partial charge >= 0.3 is 0 Å². The van der Waals surface area contributed by atoms with Crippen molar-refractivity contribution in [1.29, 1.82) is 0 Å². The van der Waals surface area contributed by atoms with Crippen molar-refractivity contribution in [2.75, 3.05) is 70.5 Å². The predicted octanol–water partition coefficient (Wildman–Crippen LogP) is 1.48. The molecule has 0 bridgehead atoms. The first kappa shape index (κ1) is 21.1. The standard InChI is InChI=1S/C23H32N4O3/c28-21(18-26-12-14-29-15-13-26)19-30-22-5-3-4-20(16-22)17-25-8-10-27(11-9-25)23-6-1-2-7-24-23/h1-7,16,21,28H,8-15,17-19H2. The van der Waals surface area contributed by atoms with E-state index in [2.05, 4.69) is 37.9 Å². The molecule has 30 heavy (non-hydrogen) atoms. The maximum atomic E-state index is 10.3. The Morgan fingerprint density at radius 2 is 1.80 bits per heavy atom. The van der Waals surface area contributed by atoms with Gasteiger partial charge in [0.05, 0.1) is 13.2 Å². The van der Waals surface area contributed by atoms with E-state index in [0.29, 0.717) is 13.2 Å². The third kappa shape index (κ3) is 6.15. The zero-order valence-electron chi connectivity index (χ0n) is 17.5. The van der Waals surface area contributed by atoms with Crippen molar-refractivity contribution in [2.45, 2.75) is 12.6 Å². The summed E-state index contributed by atoms with van der Waals surface area (Å²) in [6, 6.07) is 14.3. The fraction of sp³-hybridized carbons (Fsp3) is 0.522. The van der Waals surface area contributed by atoms with Crippen LogP contribution < -0.4 is 9.64 Å². The summed E-state index contributed by atoms with van der Waals surface area (Å²) in [5, 5.41) is 10.3. The number of aliphatic hydroxyl groups excluding tert-OH is 1. The highest BCUT2D eigenvalue weighted by molar-refractivity contribution is 5.38. The molecule has 7 nitrogen and oxygen atoms in total. The molecule has 4 rings (SSSR count). The van der Waals surface area contributed by atoms with E-state index in [0.717, 1.165) is 70.6 Å². The molecule has 7 heteroatoms. The van der Waals surface area contributed by atoms with Crippen LogP contribution >= 0.6 is 0 Å². The van der Waals surface area contributed by atoms with E-state index in [-0.39, 0.29) is 0 Å². The number of benzene rings is 1. The fourth-order valence-corrected chi connectivity index (χ4v) is 3.99. The number of rotatable bonds is 8. The SMILES string of the molecule is OC(COc1cccc(CN2CCN(c3ccccn3)CC2)c1)CN1CCOCC1. The summed E-state index contributed by atoms with van der Waals surface area (Å²) < 4.78 is 11.2. The lowest BCUT2D eigenvalue weighted by Gasteiger charge is -2.35. The molecule has 2 fully saturated rings. The molecule has 0 spiro atoms. The van der Waals surface area contributed by atoms with Gasteiger partial charge in [-0.3, -0.25) is 9.80 Å². The molecule has 2 aromatic rings. The van der Waals surface area contributed by atoms with Gasteiger partial charge in [-0.05, 0) is 29.8 Å². The summed E-state index contributed by atoms with van der Waals surface area (Å²) in [5.74, 6) is 1.88. The van der Waals surface area contributed by atoms with Gasteiger partial charge in [-0.2, -0.15) is 0 Å². The fourth-order valence-electron chi connectivity index (χ4n) is 3.99. The molecule has 1 atom stereocenters. The molecule has 2 aliphatic heterocycles. The van der Waals surface area contributed by atoms with Crippen LogP contribution in [0.3, 0.4) is 0 Å². The lowest BCUT2D eigenvalue weighted by atomic mass is 10.2. The zero-order valence-corrected chi connectivity index (χ0v) is 17.5. The summed E-state index contributed by atoms with van der Waals surface area (Å²) in [7, 11) is 0. The van der Waals surface area contributed by atoms with Crippen LogP contribution in [0.2, 0.25) is 0 Å². The van der Waals surface area contributed by atoms with E-state index < -0.39 is 6.10 Å². The van der Waals surface area contributed by atoms with E-state index in [1.807, 2.05) is 30.5 Å². The van der Waals surface area contributed by atoms with Gasteiger partial charge in [-0.1, -0.05) is 18.2 Å². The van der Waals surface area contributed by atoms with Crippen LogP contribution in [0.25, 0.3) is 0 Å². The number of aromatic nitrogens is 1.